The maximum atomic E-state index is 14.3. The molecular weight excluding hydrogens is 620 g/mol. The van der Waals surface area contributed by atoms with Crippen molar-refractivity contribution >= 4 is 52.2 Å². The molecule has 0 aromatic heterocycles. The summed E-state index contributed by atoms with van der Waals surface area (Å²) in [6.07, 6.45) is 0. The molecule has 1 fully saturated rings. The summed E-state index contributed by atoms with van der Waals surface area (Å²) in [6, 6.07) is 26.8. The van der Waals surface area contributed by atoms with E-state index in [9.17, 15) is 19.2 Å². The molecule has 1 saturated heterocycles. The van der Waals surface area contributed by atoms with Crippen molar-refractivity contribution in [3.05, 3.63) is 119 Å². The van der Waals surface area contributed by atoms with Gasteiger partial charge in [0.05, 0.1) is 31.6 Å². The first-order valence-corrected chi connectivity index (χ1v) is 15.6. The normalized spacial score (nSPS) is 14.9. The number of hydrogen-bond donors (Lipinski definition) is 1. The van der Waals surface area contributed by atoms with Crippen molar-refractivity contribution in [3.8, 4) is 5.75 Å². The smallest absolute Gasteiger partial charge is 0.299 e. The summed E-state index contributed by atoms with van der Waals surface area (Å²) in [5.41, 5.74) is 3.40. The minimum Gasteiger partial charge on any atom is -0.497 e. The number of ether oxygens (including phenoxy) is 2. The van der Waals surface area contributed by atoms with E-state index < -0.39 is 36.1 Å². The van der Waals surface area contributed by atoms with E-state index in [4.69, 9.17) is 21.1 Å². The molecule has 4 aromatic rings. The van der Waals surface area contributed by atoms with E-state index in [1.807, 2.05) is 24.3 Å². The van der Waals surface area contributed by atoms with Crippen LogP contribution in [-0.2, 0) is 25.7 Å². The maximum Gasteiger partial charge on any atom is 0.299 e. The van der Waals surface area contributed by atoms with E-state index in [1.54, 1.807) is 79.9 Å². The second-order valence-electron chi connectivity index (χ2n) is 11.2. The molecule has 2 aliphatic heterocycles. The Morgan fingerprint density at radius 1 is 0.915 bits per heavy atom. The number of rotatable bonds is 10. The van der Waals surface area contributed by atoms with Crippen LogP contribution in [0, 0.1) is 0 Å². The fourth-order valence-electron chi connectivity index (χ4n) is 5.79. The lowest BCUT2D eigenvalue weighted by molar-refractivity contribution is -0.139. The molecule has 0 radical (unpaired) electrons. The molecule has 6 rings (SSSR count). The second-order valence-corrected chi connectivity index (χ2v) is 11.6. The quantitative estimate of drug-likeness (QED) is 0.237. The van der Waals surface area contributed by atoms with Gasteiger partial charge < -0.3 is 24.6 Å². The van der Waals surface area contributed by atoms with E-state index in [-0.39, 0.29) is 12.1 Å². The van der Waals surface area contributed by atoms with Crippen LogP contribution in [-0.4, -0.2) is 68.4 Å². The fraction of sp³-hybridized carbons (Fsp3) is 0.222. The first-order valence-electron chi connectivity index (χ1n) is 15.2. The van der Waals surface area contributed by atoms with Crippen LogP contribution in [0.3, 0.4) is 0 Å². The van der Waals surface area contributed by atoms with Gasteiger partial charge in [-0.2, -0.15) is 0 Å². The number of Topliss-reactive ketones (excluding diaryl/α,β-unsaturated/α-hetero) is 1. The summed E-state index contributed by atoms with van der Waals surface area (Å²) in [5.74, 6) is -1.88. The summed E-state index contributed by atoms with van der Waals surface area (Å²) < 4.78 is 10.8. The van der Waals surface area contributed by atoms with Gasteiger partial charge in [0.1, 0.15) is 18.3 Å². The molecule has 0 aliphatic carbocycles. The molecule has 240 valence electrons. The third-order valence-corrected chi connectivity index (χ3v) is 8.51. The lowest BCUT2D eigenvalue weighted by Crippen LogP contribution is -2.46. The Bertz CT molecular complexity index is 1770. The number of para-hydroxylation sites is 1. The maximum absolute atomic E-state index is 14.3. The van der Waals surface area contributed by atoms with E-state index >= 15 is 0 Å². The molecular formula is C36H33ClN4O6. The van der Waals surface area contributed by atoms with Crippen LogP contribution in [0.2, 0.25) is 5.02 Å². The number of carbonyl (C=O) groups excluding carboxylic acids is 4. The highest BCUT2D eigenvalue weighted by Gasteiger charge is 2.39. The number of benzene rings is 4. The van der Waals surface area contributed by atoms with Crippen molar-refractivity contribution in [3.63, 3.8) is 0 Å². The average molecular weight is 653 g/mol. The zero-order chi connectivity index (χ0) is 32.9. The molecule has 0 saturated carbocycles. The molecule has 1 unspecified atom stereocenters. The van der Waals surface area contributed by atoms with E-state index in [0.717, 1.165) is 18.8 Å². The Morgan fingerprint density at radius 2 is 1.60 bits per heavy atom. The minimum absolute atomic E-state index is 0.0215. The van der Waals surface area contributed by atoms with Gasteiger partial charge in [-0.25, -0.2) is 0 Å². The van der Waals surface area contributed by atoms with Crippen molar-refractivity contribution in [2.75, 3.05) is 55.1 Å². The van der Waals surface area contributed by atoms with Gasteiger partial charge in [0.2, 0.25) is 5.91 Å². The van der Waals surface area contributed by atoms with Crippen LogP contribution in [0.5, 0.6) is 5.75 Å². The van der Waals surface area contributed by atoms with Gasteiger partial charge in [0.25, 0.3) is 17.6 Å². The van der Waals surface area contributed by atoms with Crippen LogP contribution in [0.25, 0.3) is 0 Å². The predicted octanol–water partition coefficient (Wildman–Crippen LogP) is 5.12. The predicted molar refractivity (Wildman–Crippen MR) is 179 cm³/mol. The largest absolute Gasteiger partial charge is 0.497 e. The van der Waals surface area contributed by atoms with Gasteiger partial charge in [-0.05, 0) is 71.8 Å². The zero-order valence-electron chi connectivity index (χ0n) is 25.7. The van der Waals surface area contributed by atoms with Gasteiger partial charge in [0.15, 0.2) is 0 Å². The number of nitrogens with zero attached hydrogens (tertiary/aromatic N) is 3. The number of methoxy groups -OCH3 is 1. The summed E-state index contributed by atoms with van der Waals surface area (Å²) in [6.45, 7) is 2.45. The SMILES string of the molecule is COc1ccc(C(C(=O)Nc2ccc(N3CCOCC3)cc2)N(Cc2ccc(Cl)cc2)C(=O)CN2C(=O)C(=O)c3ccccc32)cc1. The molecule has 11 heteroatoms. The highest BCUT2D eigenvalue weighted by atomic mass is 35.5. The number of halogens is 1. The Labute approximate surface area is 277 Å². The van der Waals surface area contributed by atoms with Gasteiger partial charge in [-0.15, -0.1) is 0 Å². The standard InChI is InChI=1S/C36H33ClN4O6/c1-46-29-16-8-25(9-17-29)33(35(44)38-27-12-14-28(15-13-27)39-18-20-47-21-19-39)41(22-24-6-10-26(37)11-7-24)32(42)23-40-31-5-3-2-4-30(31)34(43)36(40)45/h2-17,33H,18-23H2,1H3,(H,38,44). The molecule has 2 heterocycles. The summed E-state index contributed by atoms with van der Waals surface area (Å²) in [7, 11) is 1.54. The molecule has 1 N–H and O–H groups in total. The number of nitrogens with one attached hydrogen (secondary N) is 1. The number of carbonyl (C=O) groups is 4. The van der Waals surface area contributed by atoms with E-state index in [0.29, 0.717) is 46.5 Å². The average Bonchev–Trinajstić information content (AvgIpc) is 3.34. The molecule has 47 heavy (non-hydrogen) atoms. The molecule has 10 nitrogen and oxygen atoms in total. The fourth-order valence-corrected chi connectivity index (χ4v) is 5.91. The number of anilines is 3. The van der Waals surface area contributed by atoms with Gasteiger partial charge in [-0.1, -0.05) is 48.0 Å². The second kappa shape index (κ2) is 14.1. The van der Waals surface area contributed by atoms with Crippen LogP contribution in [0.4, 0.5) is 17.1 Å². The molecule has 2 aliphatic rings. The van der Waals surface area contributed by atoms with Crippen molar-refractivity contribution in [2.24, 2.45) is 0 Å². The van der Waals surface area contributed by atoms with Crippen LogP contribution in [0.15, 0.2) is 97.1 Å². The Hall–Kier alpha value is -5.19. The van der Waals surface area contributed by atoms with E-state index in [2.05, 4.69) is 10.2 Å². The Balaban J connectivity index is 1.34. The van der Waals surface area contributed by atoms with Gasteiger partial charge >= 0.3 is 0 Å². The van der Waals surface area contributed by atoms with Gasteiger partial charge in [0, 0.05) is 36.0 Å². The Morgan fingerprint density at radius 3 is 2.28 bits per heavy atom. The topological polar surface area (TPSA) is 108 Å². The van der Waals surface area contributed by atoms with Crippen LogP contribution >= 0.6 is 11.6 Å². The number of amides is 3. The monoisotopic (exact) mass is 652 g/mol. The van der Waals surface area contributed by atoms with Crippen molar-refractivity contribution in [2.45, 2.75) is 12.6 Å². The molecule has 1 atom stereocenters. The summed E-state index contributed by atoms with van der Waals surface area (Å²) >= 11 is 6.15. The first-order chi connectivity index (χ1) is 22.8. The van der Waals surface area contributed by atoms with E-state index in [1.165, 1.54) is 9.80 Å². The molecule has 4 aromatic carbocycles. The number of morpholine rings is 1. The molecule has 3 amide bonds. The lowest BCUT2D eigenvalue weighted by Gasteiger charge is -2.33. The number of ketones is 1. The third kappa shape index (κ3) is 6.98. The highest BCUT2D eigenvalue weighted by Crippen LogP contribution is 2.31. The van der Waals surface area contributed by atoms with Crippen LogP contribution < -0.4 is 19.9 Å². The summed E-state index contributed by atoms with van der Waals surface area (Å²) in [5, 5.41) is 3.51. The number of fused-ring (bicyclic) bond motifs is 1. The zero-order valence-corrected chi connectivity index (χ0v) is 26.5. The first kappa shape index (κ1) is 31.8. The Kier molecular flexibility index (Phi) is 9.51. The van der Waals surface area contributed by atoms with Crippen molar-refractivity contribution < 1.29 is 28.7 Å². The van der Waals surface area contributed by atoms with Gasteiger partial charge in [-0.3, -0.25) is 24.1 Å². The third-order valence-electron chi connectivity index (χ3n) is 8.26. The summed E-state index contributed by atoms with van der Waals surface area (Å²) in [4.78, 5) is 59.1. The number of hydrogen-bond acceptors (Lipinski definition) is 7. The highest BCUT2D eigenvalue weighted by molar-refractivity contribution is 6.52. The lowest BCUT2D eigenvalue weighted by atomic mass is 10.0. The molecule has 0 spiro atoms. The van der Waals surface area contributed by atoms with Crippen LogP contribution in [0.1, 0.15) is 27.5 Å². The molecule has 0 bridgehead atoms. The van der Waals surface area contributed by atoms with Crippen molar-refractivity contribution in [1.82, 2.24) is 4.90 Å². The van der Waals surface area contributed by atoms with Crippen molar-refractivity contribution in [1.29, 1.82) is 0 Å². The minimum atomic E-state index is -1.12.